The fourth-order valence-electron chi connectivity index (χ4n) is 4.73. The number of halogens is 2. The number of aryl methyl sites for hydroxylation is 1. The van der Waals surface area contributed by atoms with E-state index < -0.39 is 27.6 Å². The molecule has 0 atom stereocenters. The Labute approximate surface area is 239 Å². The van der Waals surface area contributed by atoms with Crippen molar-refractivity contribution in [2.45, 2.75) is 32.2 Å². The Balaban J connectivity index is 1.23. The highest BCUT2D eigenvalue weighted by Crippen LogP contribution is 2.30. The molecule has 0 saturated heterocycles. The second-order valence-corrected chi connectivity index (χ2v) is 11.6. The number of hydrogen-bond donors (Lipinski definition) is 4. The Morgan fingerprint density at radius 3 is 2.60 bits per heavy atom. The lowest BCUT2D eigenvalue weighted by atomic mass is 9.94. The number of aromatic nitrogens is 3. The number of nitrogen functional groups attached to an aromatic ring is 1. The normalized spacial score (nSPS) is 13.7. The molecule has 0 amide bonds. The largest absolute Gasteiger partial charge is 0.454 e. The topological polar surface area (TPSA) is 144 Å². The fourth-order valence-corrected chi connectivity index (χ4v) is 5.91. The van der Waals surface area contributed by atoms with Gasteiger partial charge in [-0.15, -0.1) is 0 Å². The molecule has 0 spiro atoms. The number of aromatic amines is 1. The zero-order valence-corrected chi connectivity index (χ0v) is 23.1. The van der Waals surface area contributed by atoms with Crippen LogP contribution in [-0.4, -0.2) is 35.0 Å². The van der Waals surface area contributed by atoms with E-state index in [4.69, 9.17) is 10.5 Å². The molecule has 3 aromatic carbocycles. The Kier molecular flexibility index (Phi) is 6.91. The van der Waals surface area contributed by atoms with E-state index in [1.54, 1.807) is 37.3 Å². The van der Waals surface area contributed by atoms with Crippen LogP contribution in [0, 0.1) is 18.6 Å². The lowest BCUT2D eigenvalue weighted by molar-refractivity contribution is 0.103. The van der Waals surface area contributed by atoms with Gasteiger partial charge in [0.15, 0.2) is 11.6 Å². The standard InChI is InChI=1S/C29H26F2N6O4S/c1-16-11-19(41-27-8-3-2-7-21(27)30)9-10-26(16)37-29(32)20(15-33-37)28(38)25-13-17-12-22(31)24(14-23(17)34-25)36-42(39,40)35-18-5-4-6-18/h2-3,7-15,18,34-36H,4-6,32H2,1H3. The van der Waals surface area contributed by atoms with Crippen molar-refractivity contribution in [3.8, 4) is 17.2 Å². The molecule has 0 aliphatic heterocycles. The third kappa shape index (κ3) is 5.31. The number of benzene rings is 3. The van der Waals surface area contributed by atoms with E-state index in [1.165, 1.54) is 35.1 Å². The number of ether oxygens (including phenoxy) is 1. The van der Waals surface area contributed by atoms with Gasteiger partial charge in [-0.1, -0.05) is 18.6 Å². The maximum absolute atomic E-state index is 14.8. The number of hydrogen-bond acceptors (Lipinski definition) is 6. The summed E-state index contributed by atoms with van der Waals surface area (Å²) < 4.78 is 65.3. The molecule has 10 nitrogen and oxygen atoms in total. The molecular weight excluding hydrogens is 566 g/mol. The van der Waals surface area contributed by atoms with Crippen LogP contribution in [0.2, 0.25) is 0 Å². The number of para-hydroxylation sites is 1. The number of nitrogens with zero attached hydrogens (tertiary/aromatic N) is 2. The van der Waals surface area contributed by atoms with Gasteiger partial charge in [0.25, 0.3) is 10.2 Å². The van der Waals surface area contributed by atoms with Gasteiger partial charge >= 0.3 is 0 Å². The van der Waals surface area contributed by atoms with Crippen molar-refractivity contribution in [1.82, 2.24) is 19.5 Å². The van der Waals surface area contributed by atoms with Crippen LogP contribution in [-0.2, 0) is 10.2 Å². The number of fused-ring (bicyclic) bond motifs is 1. The van der Waals surface area contributed by atoms with Crippen LogP contribution in [0.1, 0.15) is 40.9 Å². The summed E-state index contributed by atoms with van der Waals surface area (Å²) in [7, 11) is -3.96. The molecule has 1 aliphatic rings. The molecule has 216 valence electrons. The van der Waals surface area contributed by atoms with Crippen molar-refractivity contribution in [2.75, 3.05) is 10.5 Å². The van der Waals surface area contributed by atoms with Crippen molar-refractivity contribution in [1.29, 1.82) is 0 Å². The number of rotatable bonds is 9. The van der Waals surface area contributed by atoms with Crippen LogP contribution in [0.4, 0.5) is 20.3 Å². The first-order valence-electron chi connectivity index (χ1n) is 13.1. The number of ketones is 1. The van der Waals surface area contributed by atoms with Gasteiger partial charge in [-0.2, -0.15) is 18.2 Å². The third-order valence-corrected chi connectivity index (χ3v) is 8.27. The van der Waals surface area contributed by atoms with E-state index in [-0.39, 0.29) is 34.6 Å². The first kappa shape index (κ1) is 27.4. The average molecular weight is 593 g/mol. The predicted octanol–water partition coefficient (Wildman–Crippen LogP) is 5.34. The number of H-pyrrole nitrogens is 1. The van der Waals surface area contributed by atoms with Crippen molar-refractivity contribution in [3.05, 3.63) is 95.3 Å². The van der Waals surface area contributed by atoms with Crippen molar-refractivity contribution in [2.24, 2.45) is 0 Å². The monoisotopic (exact) mass is 592 g/mol. The number of carbonyl (C=O) groups is 1. The summed E-state index contributed by atoms with van der Waals surface area (Å²) in [6.45, 7) is 1.80. The zero-order valence-electron chi connectivity index (χ0n) is 22.3. The van der Waals surface area contributed by atoms with E-state index in [1.807, 2.05) is 0 Å². The lowest BCUT2D eigenvalue weighted by Crippen LogP contribution is -2.42. The van der Waals surface area contributed by atoms with Gasteiger partial charge in [0, 0.05) is 16.9 Å². The molecule has 2 aromatic heterocycles. The molecule has 1 fully saturated rings. The van der Waals surface area contributed by atoms with Crippen LogP contribution in [0.3, 0.4) is 0 Å². The van der Waals surface area contributed by atoms with Crippen molar-refractivity contribution >= 4 is 38.4 Å². The minimum atomic E-state index is -3.96. The summed E-state index contributed by atoms with van der Waals surface area (Å²) in [6.07, 6.45) is 3.74. The Hall–Kier alpha value is -4.75. The second kappa shape index (κ2) is 10.6. The molecule has 0 bridgehead atoms. The zero-order chi connectivity index (χ0) is 29.6. The maximum Gasteiger partial charge on any atom is 0.299 e. The third-order valence-electron chi connectivity index (χ3n) is 7.14. The minimum Gasteiger partial charge on any atom is -0.454 e. The number of nitrogens with one attached hydrogen (secondary N) is 3. The molecule has 2 heterocycles. The maximum atomic E-state index is 14.8. The van der Waals surface area contributed by atoms with E-state index in [0.29, 0.717) is 27.9 Å². The minimum absolute atomic E-state index is 0.0752. The van der Waals surface area contributed by atoms with Gasteiger partial charge in [-0.3, -0.25) is 9.52 Å². The van der Waals surface area contributed by atoms with Crippen LogP contribution in [0.25, 0.3) is 16.6 Å². The molecule has 1 aliphatic carbocycles. The highest BCUT2D eigenvalue weighted by molar-refractivity contribution is 7.90. The number of nitrogens with two attached hydrogens (primary N) is 1. The molecule has 0 radical (unpaired) electrons. The van der Waals surface area contributed by atoms with E-state index in [0.717, 1.165) is 25.3 Å². The number of carbonyl (C=O) groups excluding carboxylic acids is 1. The SMILES string of the molecule is Cc1cc(Oc2ccccc2F)ccc1-n1ncc(C(=O)c2cc3cc(F)c(NS(=O)(=O)NC4CCC4)cc3[nH]2)c1N. The molecule has 1 saturated carbocycles. The van der Waals surface area contributed by atoms with Gasteiger partial charge in [0.05, 0.1) is 28.8 Å². The highest BCUT2D eigenvalue weighted by Gasteiger charge is 2.25. The van der Waals surface area contributed by atoms with Gasteiger partial charge in [0.1, 0.15) is 17.4 Å². The Morgan fingerprint density at radius 1 is 1.10 bits per heavy atom. The fraction of sp³-hybridized carbons (Fsp3) is 0.172. The van der Waals surface area contributed by atoms with Gasteiger partial charge in [-0.05, 0) is 73.9 Å². The summed E-state index contributed by atoms with van der Waals surface area (Å²) in [6, 6.07) is 14.8. The van der Waals surface area contributed by atoms with Crippen molar-refractivity contribution < 1.29 is 26.7 Å². The van der Waals surface area contributed by atoms with E-state index in [2.05, 4.69) is 19.5 Å². The van der Waals surface area contributed by atoms with Gasteiger partial charge in [-0.25, -0.2) is 13.5 Å². The predicted molar refractivity (Wildman–Crippen MR) is 154 cm³/mol. The van der Waals surface area contributed by atoms with Crippen LogP contribution < -0.4 is 19.9 Å². The molecule has 5 aromatic rings. The molecule has 42 heavy (non-hydrogen) atoms. The average Bonchev–Trinajstić information content (AvgIpc) is 3.50. The van der Waals surface area contributed by atoms with Crippen molar-refractivity contribution in [3.63, 3.8) is 0 Å². The Bertz CT molecular complexity index is 1950. The van der Waals surface area contributed by atoms with Gasteiger partial charge < -0.3 is 15.5 Å². The molecule has 13 heteroatoms. The van der Waals surface area contributed by atoms with Crippen LogP contribution in [0.15, 0.2) is 66.9 Å². The van der Waals surface area contributed by atoms with Crippen LogP contribution >= 0.6 is 0 Å². The van der Waals surface area contributed by atoms with Gasteiger partial charge in [0.2, 0.25) is 5.78 Å². The van der Waals surface area contributed by atoms with E-state index in [9.17, 15) is 22.0 Å². The Morgan fingerprint density at radius 2 is 1.88 bits per heavy atom. The first-order chi connectivity index (χ1) is 20.1. The first-order valence-corrected chi connectivity index (χ1v) is 14.6. The molecule has 0 unspecified atom stereocenters. The molecule has 6 rings (SSSR count). The highest BCUT2D eigenvalue weighted by atomic mass is 32.2. The summed E-state index contributed by atoms with van der Waals surface area (Å²) in [5.41, 5.74) is 7.96. The summed E-state index contributed by atoms with van der Waals surface area (Å²) >= 11 is 0. The quantitative estimate of drug-likeness (QED) is 0.170. The smallest absolute Gasteiger partial charge is 0.299 e. The second-order valence-electron chi connectivity index (χ2n) is 10.1. The number of anilines is 2. The summed E-state index contributed by atoms with van der Waals surface area (Å²) in [5, 5.41) is 4.66. The lowest BCUT2D eigenvalue weighted by Gasteiger charge is -2.26. The van der Waals surface area contributed by atoms with E-state index >= 15 is 0 Å². The van der Waals surface area contributed by atoms with Crippen LogP contribution in [0.5, 0.6) is 11.5 Å². The summed E-state index contributed by atoms with van der Waals surface area (Å²) in [4.78, 5) is 16.3. The molecule has 5 N–H and O–H groups in total. The molecular formula is C29H26F2N6O4S. The summed E-state index contributed by atoms with van der Waals surface area (Å²) in [5.74, 6) is -1.19.